The van der Waals surface area contributed by atoms with Crippen LogP contribution in [0.3, 0.4) is 0 Å². The van der Waals surface area contributed by atoms with Gasteiger partial charge in [0.15, 0.2) is 6.29 Å². The molecule has 0 aliphatic carbocycles. The van der Waals surface area contributed by atoms with E-state index in [0.717, 1.165) is 11.1 Å². The first-order valence-corrected chi connectivity index (χ1v) is 13.4. The van der Waals surface area contributed by atoms with E-state index in [2.05, 4.69) is 0 Å². The minimum atomic E-state index is -0.999. The first-order valence-electron chi connectivity index (χ1n) is 13.4. The molecule has 206 valence electrons. The second-order valence-corrected chi connectivity index (χ2v) is 10.0. The highest BCUT2D eigenvalue weighted by Crippen LogP contribution is 2.40. The maximum absolute atomic E-state index is 13.7. The molecule has 0 N–H and O–H groups in total. The van der Waals surface area contributed by atoms with Crippen molar-refractivity contribution < 1.29 is 33.3 Å². The molecule has 3 heterocycles. The van der Waals surface area contributed by atoms with Crippen molar-refractivity contribution >= 4 is 11.8 Å². The normalized spacial score (nSPS) is 28.2. The monoisotopic (exact) mass is 541 g/mol. The van der Waals surface area contributed by atoms with Crippen LogP contribution in [0.15, 0.2) is 96.8 Å². The lowest BCUT2D eigenvalue weighted by molar-refractivity contribution is -0.350. The van der Waals surface area contributed by atoms with E-state index in [1.54, 1.807) is 37.3 Å². The van der Waals surface area contributed by atoms with Gasteiger partial charge in [0.2, 0.25) is 6.29 Å². The molecular formula is C32H31NO7. The molecule has 0 bridgehead atoms. The molecule has 8 nitrogen and oxygen atoms in total. The molecule has 0 saturated carbocycles. The van der Waals surface area contributed by atoms with E-state index < -0.39 is 48.7 Å². The average molecular weight is 542 g/mol. The zero-order valence-corrected chi connectivity index (χ0v) is 22.3. The van der Waals surface area contributed by atoms with Crippen LogP contribution >= 0.6 is 0 Å². The number of hydrogen-bond donors (Lipinski definition) is 0. The fourth-order valence-corrected chi connectivity index (χ4v) is 5.40. The number of rotatable bonds is 7. The molecule has 6 rings (SSSR count). The van der Waals surface area contributed by atoms with Gasteiger partial charge in [-0.1, -0.05) is 72.8 Å². The highest BCUT2D eigenvalue weighted by Gasteiger charge is 2.57. The number of carbonyl (C=O) groups is 2. The highest BCUT2D eigenvalue weighted by atomic mass is 16.8. The van der Waals surface area contributed by atoms with Crippen LogP contribution in [-0.4, -0.2) is 54.0 Å². The minimum Gasteiger partial charge on any atom is -0.468 e. The quantitative estimate of drug-likeness (QED) is 0.307. The van der Waals surface area contributed by atoms with Gasteiger partial charge in [0, 0.05) is 5.56 Å². The molecule has 2 fully saturated rings. The lowest BCUT2D eigenvalue weighted by Crippen LogP contribution is -2.68. The summed E-state index contributed by atoms with van der Waals surface area (Å²) in [6.45, 7) is 4.11. The molecule has 40 heavy (non-hydrogen) atoms. The van der Waals surface area contributed by atoms with Crippen molar-refractivity contribution in [1.29, 1.82) is 0 Å². The second kappa shape index (κ2) is 11.3. The number of carbonyl (C=O) groups excluding carboxylic acids is 2. The van der Waals surface area contributed by atoms with Crippen LogP contribution in [0, 0.1) is 0 Å². The Labute approximate surface area is 233 Å². The Morgan fingerprint density at radius 3 is 2.17 bits per heavy atom. The van der Waals surface area contributed by atoms with Crippen molar-refractivity contribution in [2.24, 2.45) is 0 Å². The maximum Gasteiger partial charge on any atom is 0.262 e. The summed E-state index contributed by atoms with van der Waals surface area (Å²) in [6.07, 6.45) is -1.84. The van der Waals surface area contributed by atoms with Gasteiger partial charge in [-0.2, -0.15) is 0 Å². The summed E-state index contributed by atoms with van der Waals surface area (Å²) in [6, 6.07) is 25.2. The van der Waals surface area contributed by atoms with Gasteiger partial charge < -0.3 is 23.7 Å². The van der Waals surface area contributed by atoms with Gasteiger partial charge in [-0.3, -0.25) is 14.5 Å². The summed E-state index contributed by atoms with van der Waals surface area (Å²) in [5.41, 5.74) is 2.48. The molecule has 3 aliphatic rings. The third-order valence-electron chi connectivity index (χ3n) is 7.50. The van der Waals surface area contributed by atoms with Crippen LogP contribution in [0.4, 0.5) is 0 Å². The van der Waals surface area contributed by atoms with E-state index in [1.807, 2.05) is 67.6 Å². The SMILES string of the molecule is C/C=C(\C)O[C@@H]1O[C@@H]2CO[C@@H](c3ccccc3)O[C@H]2[C@H](OCc2ccccc2)[C@H]1N1C(=O)c2ccccc2C1=O. The summed E-state index contributed by atoms with van der Waals surface area (Å²) in [4.78, 5) is 28.7. The van der Waals surface area contributed by atoms with Crippen molar-refractivity contribution in [2.45, 2.75) is 57.4 Å². The Bertz CT molecular complexity index is 1360. The van der Waals surface area contributed by atoms with Crippen molar-refractivity contribution in [2.75, 3.05) is 6.61 Å². The average Bonchev–Trinajstić information content (AvgIpc) is 3.25. The summed E-state index contributed by atoms with van der Waals surface area (Å²) in [5, 5.41) is 0. The Morgan fingerprint density at radius 2 is 1.52 bits per heavy atom. The molecule has 0 spiro atoms. The number of ether oxygens (including phenoxy) is 5. The van der Waals surface area contributed by atoms with Crippen LogP contribution in [0.2, 0.25) is 0 Å². The lowest BCUT2D eigenvalue weighted by Gasteiger charge is -2.50. The third-order valence-corrected chi connectivity index (χ3v) is 7.50. The molecule has 0 unspecified atom stereocenters. The Morgan fingerprint density at radius 1 is 0.900 bits per heavy atom. The molecule has 6 atom stereocenters. The van der Waals surface area contributed by atoms with Gasteiger partial charge in [-0.25, -0.2) is 0 Å². The molecular weight excluding hydrogens is 510 g/mol. The van der Waals surface area contributed by atoms with Gasteiger partial charge >= 0.3 is 0 Å². The molecule has 3 aliphatic heterocycles. The Kier molecular flexibility index (Phi) is 7.49. The predicted molar refractivity (Wildman–Crippen MR) is 145 cm³/mol. The topological polar surface area (TPSA) is 83.5 Å². The van der Waals surface area contributed by atoms with E-state index in [-0.39, 0.29) is 13.2 Å². The highest BCUT2D eigenvalue weighted by molar-refractivity contribution is 6.21. The standard InChI is InChI=1S/C32H31NO7/c1-3-20(2)38-32-26(33-29(34)23-16-10-11-17-24(23)30(33)35)28(36-18-21-12-6-4-7-13-21)27-25(39-32)19-37-31(40-27)22-14-8-5-9-15-22/h3-17,25-28,31-32H,18-19H2,1-2H3/b20-3+/t25-,26-,27-,28-,31-,32-/m1/s1. The van der Waals surface area contributed by atoms with Gasteiger partial charge in [-0.15, -0.1) is 0 Å². The fraction of sp³-hybridized carbons (Fsp3) is 0.312. The van der Waals surface area contributed by atoms with E-state index in [0.29, 0.717) is 16.9 Å². The molecule has 0 radical (unpaired) electrons. The summed E-state index contributed by atoms with van der Waals surface area (Å²) < 4.78 is 31.8. The van der Waals surface area contributed by atoms with Gasteiger partial charge in [-0.05, 0) is 37.6 Å². The minimum absolute atomic E-state index is 0.221. The van der Waals surface area contributed by atoms with Crippen molar-refractivity contribution in [3.63, 3.8) is 0 Å². The second-order valence-electron chi connectivity index (χ2n) is 10.0. The van der Waals surface area contributed by atoms with E-state index in [9.17, 15) is 9.59 Å². The number of amides is 2. The number of benzene rings is 3. The molecule has 2 saturated heterocycles. The predicted octanol–water partition coefficient (Wildman–Crippen LogP) is 5.02. The molecule has 2 amide bonds. The van der Waals surface area contributed by atoms with E-state index >= 15 is 0 Å². The van der Waals surface area contributed by atoms with E-state index in [4.69, 9.17) is 23.7 Å². The lowest BCUT2D eigenvalue weighted by atomic mass is 9.94. The Hall–Kier alpha value is -3.82. The fourth-order valence-electron chi connectivity index (χ4n) is 5.40. The number of nitrogens with zero attached hydrogens (tertiary/aromatic N) is 1. The molecule has 3 aromatic carbocycles. The smallest absolute Gasteiger partial charge is 0.262 e. The van der Waals surface area contributed by atoms with Gasteiger partial charge in [0.05, 0.1) is 30.1 Å². The third kappa shape index (κ3) is 4.95. The number of allylic oxidation sites excluding steroid dienone is 2. The summed E-state index contributed by atoms with van der Waals surface area (Å²) >= 11 is 0. The van der Waals surface area contributed by atoms with Gasteiger partial charge in [0.1, 0.15) is 24.4 Å². The maximum atomic E-state index is 13.7. The number of fused-ring (bicyclic) bond motifs is 2. The summed E-state index contributed by atoms with van der Waals surface area (Å²) in [5.74, 6) is -0.245. The molecule has 3 aromatic rings. The number of hydrogen-bond acceptors (Lipinski definition) is 7. The van der Waals surface area contributed by atoms with Crippen LogP contribution in [0.1, 0.15) is 52.0 Å². The van der Waals surface area contributed by atoms with Crippen LogP contribution in [-0.2, 0) is 30.3 Å². The van der Waals surface area contributed by atoms with Crippen LogP contribution < -0.4 is 0 Å². The zero-order valence-electron chi connectivity index (χ0n) is 22.3. The van der Waals surface area contributed by atoms with Crippen LogP contribution in [0.5, 0.6) is 0 Å². The number of imide groups is 1. The largest absolute Gasteiger partial charge is 0.468 e. The zero-order chi connectivity index (χ0) is 27.6. The first-order chi connectivity index (χ1) is 19.5. The van der Waals surface area contributed by atoms with Crippen molar-refractivity contribution in [1.82, 2.24) is 4.90 Å². The van der Waals surface area contributed by atoms with Crippen molar-refractivity contribution in [3.05, 3.63) is 119 Å². The van der Waals surface area contributed by atoms with Gasteiger partial charge in [0.25, 0.3) is 11.8 Å². The van der Waals surface area contributed by atoms with E-state index in [1.165, 1.54) is 4.90 Å². The van der Waals surface area contributed by atoms with Crippen LogP contribution in [0.25, 0.3) is 0 Å². The first kappa shape index (κ1) is 26.4. The van der Waals surface area contributed by atoms with Crippen molar-refractivity contribution in [3.8, 4) is 0 Å². The Balaban J connectivity index is 1.40. The molecule has 0 aromatic heterocycles. The summed E-state index contributed by atoms with van der Waals surface area (Å²) in [7, 11) is 0. The molecule has 8 heteroatoms.